The van der Waals surface area contributed by atoms with Gasteiger partial charge in [-0.3, -0.25) is 0 Å². The lowest BCUT2D eigenvalue weighted by Crippen LogP contribution is -2.13. The van der Waals surface area contributed by atoms with Crippen LogP contribution in [0.3, 0.4) is 0 Å². The van der Waals surface area contributed by atoms with Gasteiger partial charge in [0.05, 0.1) is 11.0 Å². The Morgan fingerprint density at radius 1 is 1.16 bits per heavy atom. The van der Waals surface area contributed by atoms with Crippen LogP contribution in [0.4, 0.5) is 0 Å². The first-order valence-corrected chi connectivity index (χ1v) is 7.29. The maximum absolute atomic E-state index is 12.4. The number of aromatic nitrogens is 1. The molecule has 1 aromatic heterocycles. The van der Waals surface area contributed by atoms with E-state index in [9.17, 15) is 13.7 Å². The van der Waals surface area contributed by atoms with Gasteiger partial charge in [0.15, 0.2) is 15.1 Å². The minimum Gasteiger partial charge on any atom is -0.244 e. The molecule has 0 aliphatic carbocycles. The van der Waals surface area contributed by atoms with Crippen molar-refractivity contribution in [2.75, 3.05) is 0 Å². The quantitative estimate of drug-likeness (QED) is 0.816. The number of halogens is 1. The third-order valence-corrected chi connectivity index (χ3v) is 4.79. The summed E-state index contributed by atoms with van der Waals surface area (Å²) in [5.41, 5.74) is 0.190. The Morgan fingerprint density at radius 2 is 1.84 bits per heavy atom. The molecule has 1 aromatic carbocycles. The van der Waals surface area contributed by atoms with Gasteiger partial charge in [-0.2, -0.15) is 5.26 Å². The topological polar surface area (TPSA) is 70.8 Å². The van der Waals surface area contributed by atoms with Crippen molar-refractivity contribution >= 4 is 21.4 Å². The monoisotopic (exact) mass is 292 g/mol. The molecule has 6 heteroatoms. The van der Waals surface area contributed by atoms with E-state index in [2.05, 4.69) is 4.98 Å². The van der Waals surface area contributed by atoms with Crippen LogP contribution in [0.1, 0.15) is 10.8 Å². The third-order valence-electron chi connectivity index (χ3n) is 2.57. The van der Waals surface area contributed by atoms with Gasteiger partial charge in [0.1, 0.15) is 5.15 Å². The Morgan fingerprint density at radius 3 is 2.42 bits per heavy atom. The number of hydrogen-bond donors (Lipinski definition) is 0. The molecule has 1 atom stereocenters. The van der Waals surface area contributed by atoms with E-state index < -0.39 is 15.1 Å². The average molecular weight is 293 g/mol. The van der Waals surface area contributed by atoms with Crippen LogP contribution in [0.2, 0.25) is 5.15 Å². The first kappa shape index (κ1) is 13.5. The van der Waals surface area contributed by atoms with Gasteiger partial charge in [-0.05, 0) is 18.2 Å². The van der Waals surface area contributed by atoms with Crippen LogP contribution < -0.4 is 0 Å². The molecular formula is C13H9ClN2O2S. The highest BCUT2D eigenvalue weighted by molar-refractivity contribution is 7.92. The molecule has 0 saturated carbocycles. The van der Waals surface area contributed by atoms with E-state index in [1.165, 1.54) is 24.4 Å². The van der Waals surface area contributed by atoms with Gasteiger partial charge in [0, 0.05) is 11.8 Å². The Labute approximate surface area is 116 Å². The molecule has 4 nitrogen and oxygen atoms in total. The molecule has 0 unspecified atom stereocenters. The molecule has 19 heavy (non-hydrogen) atoms. The van der Waals surface area contributed by atoms with E-state index in [0.717, 1.165) is 0 Å². The summed E-state index contributed by atoms with van der Waals surface area (Å²) in [4.78, 5) is 3.89. The standard InChI is InChI=1S/C13H9ClN2O2S/c14-13-11(7-4-8-16-13)12(9-15)19(17,18)10-5-2-1-3-6-10/h1-8,12H/t12-/m1/s1. The van der Waals surface area contributed by atoms with E-state index in [1.807, 2.05) is 0 Å². The predicted octanol–water partition coefficient (Wildman–Crippen LogP) is 2.77. The van der Waals surface area contributed by atoms with Crippen molar-refractivity contribution in [1.29, 1.82) is 5.26 Å². The van der Waals surface area contributed by atoms with Crippen LogP contribution in [0.25, 0.3) is 0 Å². The number of nitrogens with zero attached hydrogens (tertiary/aromatic N) is 2. The van der Waals surface area contributed by atoms with Crippen molar-refractivity contribution in [2.45, 2.75) is 10.1 Å². The third kappa shape index (κ3) is 2.60. The van der Waals surface area contributed by atoms with Crippen LogP contribution >= 0.6 is 11.6 Å². The predicted molar refractivity (Wildman–Crippen MR) is 71.2 cm³/mol. The number of benzene rings is 1. The van der Waals surface area contributed by atoms with E-state index in [0.29, 0.717) is 0 Å². The van der Waals surface area contributed by atoms with Gasteiger partial charge in [-0.1, -0.05) is 35.9 Å². The Bertz CT molecular complexity index is 724. The summed E-state index contributed by atoms with van der Waals surface area (Å²) in [6.45, 7) is 0. The second kappa shape index (κ2) is 5.39. The van der Waals surface area contributed by atoms with Gasteiger partial charge < -0.3 is 0 Å². The van der Waals surface area contributed by atoms with Crippen molar-refractivity contribution in [3.8, 4) is 6.07 Å². The second-order valence-electron chi connectivity index (χ2n) is 3.75. The van der Waals surface area contributed by atoms with E-state index in [4.69, 9.17) is 11.6 Å². The fourth-order valence-corrected chi connectivity index (χ4v) is 3.41. The van der Waals surface area contributed by atoms with Crippen LogP contribution in [0.5, 0.6) is 0 Å². The summed E-state index contributed by atoms with van der Waals surface area (Å²) < 4.78 is 24.8. The lowest BCUT2D eigenvalue weighted by atomic mass is 10.2. The molecule has 2 rings (SSSR count). The lowest BCUT2D eigenvalue weighted by molar-refractivity contribution is 0.591. The maximum atomic E-state index is 12.4. The van der Waals surface area contributed by atoms with Crippen molar-refractivity contribution in [1.82, 2.24) is 4.98 Å². The zero-order chi connectivity index (χ0) is 13.9. The zero-order valence-electron chi connectivity index (χ0n) is 9.69. The molecule has 96 valence electrons. The Balaban J connectivity index is 2.56. The molecule has 0 spiro atoms. The fourth-order valence-electron chi connectivity index (χ4n) is 1.65. The molecule has 0 saturated heterocycles. The van der Waals surface area contributed by atoms with Crippen LogP contribution in [0.15, 0.2) is 53.6 Å². The molecule has 1 heterocycles. The maximum Gasteiger partial charge on any atom is 0.198 e. The first-order chi connectivity index (χ1) is 9.07. The van der Waals surface area contributed by atoms with Crippen LogP contribution in [-0.4, -0.2) is 13.4 Å². The largest absolute Gasteiger partial charge is 0.244 e. The number of sulfone groups is 1. The fraction of sp³-hybridized carbons (Fsp3) is 0.0769. The van der Waals surface area contributed by atoms with Gasteiger partial charge in [-0.25, -0.2) is 13.4 Å². The van der Waals surface area contributed by atoms with Gasteiger partial charge in [0.25, 0.3) is 0 Å². The van der Waals surface area contributed by atoms with Crippen LogP contribution in [0, 0.1) is 11.3 Å². The van der Waals surface area contributed by atoms with E-state index in [1.54, 1.807) is 30.3 Å². The summed E-state index contributed by atoms with van der Waals surface area (Å²) in [6, 6.07) is 12.6. The summed E-state index contributed by atoms with van der Waals surface area (Å²) in [5, 5.41) is 7.84. The molecule has 0 amide bonds. The normalized spacial score (nSPS) is 12.6. The van der Waals surface area contributed by atoms with Gasteiger partial charge in [-0.15, -0.1) is 0 Å². The minimum absolute atomic E-state index is 0.0218. The molecule has 0 aliphatic heterocycles. The summed E-state index contributed by atoms with van der Waals surface area (Å²) in [6.07, 6.45) is 1.44. The van der Waals surface area contributed by atoms with Crippen molar-refractivity contribution < 1.29 is 8.42 Å². The highest BCUT2D eigenvalue weighted by atomic mass is 35.5. The molecule has 0 bridgehead atoms. The minimum atomic E-state index is -3.81. The SMILES string of the molecule is N#C[C@H](c1cccnc1Cl)S(=O)(=O)c1ccccc1. The average Bonchev–Trinajstić information content (AvgIpc) is 2.42. The number of rotatable bonds is 3. The second-order valence-corrected chi connectivity index (χ2v) is 6.14. The lowest BCUT2D eigenvalue weighted by Gasteiger charge is -2.11. The van der Waals surface area contributed by atoms with Crippen molar-refractivity contribution in [2.24, 2.45) is 0 Å². The smallest absolute Gasteiger partial charge is 0.198 e. The zero-order valence-corrected chi connectivity index (χ0v) is 11.3. The van der Waals surface area contributed by atoms with E-state index in [-0.39, 0.29) is 15.6 Å². The molecule has 0 radical (unpaired) electrons. The molecule has 0 aliphatic rings. The number of nitriles is 1. The molecule has 0 fully saturated rings. The Hall–Kier alpha value is -1.90. The van der Waals surface area contributed by atoms with Crippen LogP contribution in [-0.2, 0) is 9.84 Å². The molecule has 0 N–H and O–H groups in total. The summed E-state index contributed by atoms with van der Waals surface area (Å²) in [7, 11) is -3.81. The highest BCUT2D eigenvalue weighted by Crippen LogP contribution is 2.31. The molecule has 2 aromatic rings. The number of pyridine rings is 1. The van der Waals surface area contributed by atoms with Gasteiger partial charge >= 0.3 is 0 Å². The van der Waals surface area contributed by atoms with E-state index >= 15 is 0 Å². The first-order valence-electron chi connectivity index (χ1n) is 5.36. The van der Waals surface area contributed by atoms with Crippen molar-refractivity contribution in [3.05, 3.63) is 59.4 Å². The summed E-state index contributed by atoms with van der Waals surface area (Å²) in [5.74, 6) is 0. The highest BCUT2D eigenvalue weighted by Gasteiger charge is 2.30. The van der Waals surface area contributed by atoms with Gasteiger partial charge in [0.2, 0.25) is 0 Å². The summed E-state index contributed by atoms with van der Waals surface area (Å²) >= 11 is 5.86. The Kier molecular flexibility index (Phi) is 3.84. The molecular weight excluding hydrogens is 284 g/mol. The van der Waals surface area contributed by atoms with Crippen molar-refractivity contribution in [3.63, 3.8) is 0 Å². The number of hydrogen-bond acceptors (Lipinski definition) is 4.